The summed E-state index contributed by atoms with van der Waals surface area (Å²) in [6.07, 6.45) is 0. The number of nitrogens with two attached hydrogens (primary N) is 1. The number of amides is 1. The predicted molar refractivity (Wildman–Crippen MR) is 92.9 cm³/mol. The van der Waals surface area contributed by atoms with Crippen molar-refractivity contribution in [3.8, 4) is 0 Å². The minimum absolute atomic E-state index is 0.0881. The molecule has 1 amide bonds. The van der Waals surface area contributed by atoms with Gasteiger partial charge in [0, 0.05) is 6.07 Å². The Balaban J connectivity index is 2.00. The van der Waals surface area contributed by atoms with Gasteiger partial charge in [0.25, 0.3) is 11.6 Å². The normalized spacial score (nSPS) is 10.2. The number of nitrogen functional groups attached to an aromatic ring is 1. The average Bonchev–Trinajstić information content (AvgIpc) is 2.57. The van der Waals surface area contributed by atoms with Crippen LogP contribution in [-0.4, -0.2) is 23.4 Å². The van der Waals surface area contributed by atoms with Crippen molar-refractivity contribution in [2.24, 2.45) is 0 Å². The van der Waals surface area contributed by atoms with Gasteiger partial charge >= 0.3 is 5.97 Å². The number of nitro groups is 1. The molecular weight excluding hydrogens is 373 g/mol. The highest BCUT2D eigenvalue weighted by Gasteiger charge is 2.17. The molecule has 10 heteroatoms. The Morgan fingerprint density at radius 2 is 1.96 bits per heavy atom. The van der Waals surface area contributed by atoms with Gasteiger partial charge in [-0.2, -0.15) is 0 Å². The molecule has 2 rings (SSSR count). The molecule has 0 saturated carbocycles. The second kappa shape index (κ2) is 7.82. The van der Waals surface area contributed by atoms with E-state index in [1.807, 2.05) is 0 Å². The lowest BCUT2D eigenvalue weighted by atomic mass is 10.2. The van der Waals surface area contributed by atoms with E-state index in [9.17, 15) is 19.7 Å². The predicted octanol–water partition coefficient (Wildman–Crippen LogP) is 3.28. The van der Waals surface area contributed by atoms with E-state index in [0.717, 1.165) is 6.07 Å². The zero-order valence-corrected chi connectivity index (χ0v) is 14.0. The number of hydrogen-bond acceptors (Lipinski definition) is 6. The summed E-state index contributed by atoms with van der Waals surface area (Å²) in [6, 6.07) is 8.11. The van der Waals surface area contributed by atoms with Crippen LogP contribution in [0.25, 0.3) is 0 Å². The minimum atomic E-state index is -0.907. The van der Waals surface area contributed by atoms with Crippen molar-refractivity contribution in [3.05, 3.63) is 62.1 Å². The lowest BCUT2D eigenvalue weighted by Crippen LogP contribution is -2.21. The first kappa shape index (κ1) is 18.5. The third-order valence-corrected chi connectivity index (χ3v) is 3.84. The minimum Gasteiger partial charge on any atom is -0.452 e. The van der Waals surface area contributed by atoms with E-state index < -0.39 is 29.1 Å². The number of carbonyl (C=O) groups excluding carboxylic acids is 2. The van der Waals surface area contributed by atoms with Gasteiger partial charge in [-0.3, -0.25) is 14.9 Å². The highest BCUT2D eigenvalue weighted by Crippen LogP contribution is 2.29. The van der Waals surface area contributed by atoms with Crippen molar-refractivity contribution < 1.29 is 19.2 Å². The zero-order chi connectivity index (χ0) is 18.6. The van der Waals surface area contributed by atoms with Gasteiger partial charge < -0.3 is 15.8 Å². The fourth-order valence-corrected chi connectivity index (χ4v) is 2.18. The van der Waals surface area contributed by atoms with E-state index in [2.05, 4.69) is 5.32 Å². The van der Waals surface area contributed by atoms with Gasteiger partial charge in [-0.1, -0.05) is 29.3 Å². The zero-order valence-electron chi connectivity index (χ0n) is 12.5. The summed E-state index contributed by atoms with van der Waals surface area (Å²) in [6.45, 7) is -0.611. The number of ether oxygens (including phenoxy) is 1. The Hall–Kier alpha value is -2.84. The van der Waals surface area contributed by atoms with Gasteiger partial charge in [0.1, 0.15) is 5.69 Å². The molecule has 8 nitrogen and oxygen atoms in total. The van der Waals surface area contributed by atoms with Crippen LogP contribution in [0.4, 0.5) is 17.1 Å². The Labute approximate surface area is 151 Å². The maximum Gasteiger partial charge on any atom is 0.338 e. The maximum atomic E-state index is 11.9. The molecule has 0 aromatic heterocycles. The second-order valence-electron chi connectivity index (χ2n) is 4.76. The molecule has 0 aliphatic carbocycles. The SMILES string of the molecule is Nc1ccc(C(=O)OCC(=O)Nc2cccc(Cl)c2Cl)cc1[N+](=O)[O-]. The van der Waals surface area contributed by atoms with E-state index >= 15 is 0 Å². The monoisotopic (exact) mass is 383 g/mol. The van der Waals surface area contributed by atoms with Crippen molar-refractivity contribution >= 4 is 52.1 Å². The van der Waals surface area contributed by atoms with Gasteiger partial charge in [0.05, 0.1) is 26.2 Å². The Morgan fingerprint density at radius 1 is 1.24 bits per heavy atom. The summed E-state index contributed by atoms with van der Waals surface area (Å²) in [5.74, 6) is -1.56. The smallest absolute Gasteiger partial charge is 0.338 e. The van der Waals surface area contributed by atoms with Crippen molar-refractivity contribution in [1.82, 2.24) is 0 Å². The lowest BCUT2D eigenvalue weighted by molar-refractivity contribution is -0.383. The third-order valence-electron chi connectivity index (χ3n) is 3.02. The number of rotatable bonds is 5. The summed E-state index contributed by atoms with van der Waals surface area (Å²) < 4.78 is 4.82. The first-order valence-electron chi connectivity index (χ1n) is 6.74. The maximum absolute atomic E-state index is 11.9. The van der Waals surface area contributed by atoms with Crippen LogP contribution in [0.3, 0.4) is 0 Å². The molecule has 0 spiro atoms. The van der Waals surface area contributed by atoms with E-state index in [4.69, 9.17) is 33.7 Å². The Morgan fingerprint density at radius 3 is 2.64 bits per heavy atom. The molecule has 0 aliphatic heterocycles. The van der Waals surface area contributed by atoms with E-state index in [-0.39, 0.29) is 27.0 Å². The molecule has 2 aromatic rings. The molecule has 25 heavy (non-hydrogen) atoms. The van der Waals surface area contributed by atoms with E-state index in [1.54, 1.807) is 12.1 Å². The number of anilines is 2. The first-order chi connectivity index (χ1) is 11.8. The molecule has 0 aliphatic rings. The molecule has 2 aromatic carbocycles. The number of hydrogen-bond donors (Lipinski definition) is 2. The topological polar surface area (TPSA) is 125 Å². The molecule has 0 atom stereocenters. The van der Waals surface area contributed by atoms with Crippen LogP contribution in [0.5, 0.6) is 0 Å². The van der Waals surface area contributed by atoms with Crippen LogP contribution in [0.15, 0.2) is 36.4 Å². The summed E-state index contributed by atoms with van der Waals surface area (Å²) in [5.41, 5.74) is 5.09. The van der Waals surface area contributed by atoms with E-state index in [0.29, 0.717) is 0 Å². The molecule has 130 valence electrons. The molecule has 0 bridgehead atoms. The molecule has 0 radical (unpaired) electrons. The highest BCUT2D eigenvalue weighted by atomic mass is 35.5. The largest absolute Gasteiger partial charge is 0.452 e. The molecule has 0 heterocycles. The van der Waals surface area contributed by atoms with Gasteiger partial charge in [-0.05, 0) is 24.3 Å². The van der Waals surface area contributed by atoms with Crippen LogP contribution in [0, 0.1) is 10.1 Å². The molecule has 3 N–H and O–H groups in total. The van der Waals surface area contributed by atoms with Gasteiger partial charge in [0.2, 0.25) is 0 Å². The van der Waals surface area contributed by atoms with Gasteiger partial charge in [-0.25, -0.2) is 4.79 Å². The fraction of sp³-hybridized carbons (Fsp3) is 0.0667. The van der Waals surface area contributed by atoms with Crippen molar-refractivity contribution in [3.63, 3.8) is 0 Å². The number of nitrogens with zero attached hydrogens (tertiary/aromatic N) is 1. The van der Waals surface area contributed by atoms with Crippen molar-refractivity contribution in [2.45, 2.75) is 0 Å². The highest BCUT2D eigenvalue weighted by molar-refractivity contribution is 6.44. The van der Waals surface area contributed by atoms with Crippen molar-refractivity contribution in [2.75, 3.05) is 17.7 Å². The quantitative estimate of drug-likeness (QED) is 0.353. The summed E-state index contributed by atoms with van der Waals surface area (Å²) in [7, 11) is 0. The summed E-state index contributed by atoms with van der Waals surface area (Å²) in [5, 5.41) is 13.7. The Bertz CT molecular complexity index is 857. The van der Waals surface area contributed by atoms with Crippen molar-refractivity contribution in [1.29, 1.82) is 0 Å². The van der Waals surface area contributed by atoms with E-state index in [1.165, 1.54) is 18.2 Å². The number of halogens is 2. The van der Waals surface area contributed by atoms with Gasteiger partial charge in [-0.15, -0.1) is 0 Å². The summed E-state index contributed by atoms with van der Waals surface area (Å²) in [4.78, 5) is 33.8. The number of nitro benzene ring substituents is 1. The number of esters is 1. The van der Waals surface area contributed by atoms with Crippen LogP contribution in [0.2, 0.25) is 10.0 Å². The average molecular weight is 384 g/mol. The van der Waals surface area contributed by atoms with Crippen LogP contribution >= 0.6 is 23.2 Å². The standard InChI is InChI=1S/C15H11Cl2N3O5/c16-9-2-1-3-11(14(9)17)19-13(21)7-25-15(22)8-4-5-10(18)12(6-8)20(23)24/h1-6H,7,18H2,(H,19,21). The third kappa shape index (κ3) is 4.59. The molecule has 0 unspecified atom stereocenters. The van der Waals surface area contributed by atoms with Crippen LogP contribution in [0.1, 0.15) is 10.4 Å². The Kier molecular flexibility index (Phi) is 5.79. The fourth-order valence-electron chi connectivity index (χ4n) is 1.83. The lowest BCUT2D eigenvalue weighted by Gasteiger charge is -2.09. The van der Waals surface area contributed by atoms with Gasteiger partial charge in [0.15, 0.2) is 6.61 Å². The molecule has 0 fully saturated rings. The first-order valence-corrected chi connectivity index (χ1v) is 7.50. The second-order valence-corrected chi connectivity index (χ2v) is 5.54. The summed E-state index contributed by atoms with van der Waals surface area (Å²) >= 11 is 11.8. The number of benzene rings is 2. The molecular formula is C15H11Cl2N3O5. The number of nitrogens with one attached hydrogen (secondary N) is 1. The van der Waals surface area contributed by atoms with Crippen LogP contribution < -0.4 is 11.1 Å². The number of carbonyl (C=O) groups is 2. The van der Waals surface area contributed by atoms with Crippen LogP contribution in [-0.2, 0) is 9.53 Å². The molecule has 0 saturated heterocycles.